The zero-order valence-electron chi connectivity index (χ0n) is 12.6. The molecule has 5 nitrogen and oxygen atoms in total. The van der Waals surface area contributed by atoms with Crippen LogP contribution in [0.4, 0.5) is 11.4 Å². The number of nitrogens with zero attached hydrogens (tertiary/aromatic N) is 1. The highest BCUT2D eigenvalue weighted by molar-refractivity contribution is 6.01. The molecule has 0 bridgehead atoms. The molecule has 0 aliphatic heterocycles. The van der Waals surface area contributed by atoms with E-state index in [2.05, 4.69) is 22.1 Å². The van der Waals surface area contributed by atoms with E-state index < -0.39 is 0 Å². The third-order valence-corrected chi connectivity index (χ3v) is 2.85. The molecule has 5 heteroatoms. The summed E-state index contributed by atoms with van der Waals surface area (Å²) in [5, 5.41) is 6.11. The Balaban J connectivity index is 2.96. The summed E-state index contributed by atoms with van der Waals surface area (Å²) < 4.78 is 5.32. The molecule has 1 amide bonds. The first-order chi connectivity index (χ1) is 9.47. The van der Waals surface area contributed by atoms with E-state index in [1.54, 1.807) is 7.11 Å². The first-order valence-electron chi connectivity index (χ1n) is 6.48. The fourth-order valence-electron chi connectivity index (χ4n) is 1.76. The van der Waals surface area contributed by atoms with Gasteiger partial charge >= 0.3 is 0 Å². The van der Waals surface area contributed by atoms with Crippen molar-refractivity contribution in [2.75, 3.05) is 44.9 Å². The van der Waals surface area contributed by atoms with E-state index >= 15 is 0 Å². The van der Waals surface area contributed by atoms with E-state index in [0.717, 1.165) is 35.8 Å². The summed E-state index contributed by atoms with van der Waals surface area (Å²) in [6.45, 7) is 7.07. The van der Waals surface area contributed by atoms with Gasteiger partial charge in [0.15, 0.2) is 0 Å². The van der Waals surface area contributed by atoms with E-state index in [-0.39, 0.29) is 5.91 Å². The Morgan fingerprint density at radius 3 is 2.65 bits per heavy atom. The smallest absolute Gasteiger partial charge is 0.247 e. The van der Waals surface area contributed by atoms with E-state index in [1.165, 1.54) is 6.08 Å². The molecule has 0 fully saturated rings. The molecule has 110 valence electrons. The molecule has 20 heavy (non-hydrogen) atoms. The van der Waals surface area contributed by atoms with Crippen LogP contribution in [0.3, 0.4) is 0 Å². The van der Waals surface area contributed by atoms with E-state index in [1.807, 2.05) is 33.2 Å². The Labute approximate surface area is 120 Å². The SMILES string of the molecule is C=CC(=O)Nc1cc(C)c(OC)cc1NCCN(C)C. The van der Waals surface area contributed by atoms with Gasteiger partial charge in [-0.25, -0.2) is 0 Å². The van der Waals surface area contributed by atoms with Gasteiger partial charge in [-0.3, -0.25) is 4.79 Å². The van der Waals surface area contributed by atoms with Crippen LogP contribution in [0.15, 0.2) is 24.8 Å². The second-order valence-corrected chi connectivity index (χ2v) is 4.79. The third-order valence-electron chi connectivity index (χ3n) is 2.85. The van der Waals surface area contributed by atoms with Crippen molar-refractivity contribution in [2.45, 2.75) is 6.92 Å². The minimum absolute atomic E-state index is 0.231. The Morgan fingerprint density at radius 1 is 1.40 bits per heavy atom. The first-order valence-corrected chi connectivity index (χ1v) is 6.48. The summed E-state index contributed by atoms with van der Waals surface area (Å²) >= 11 is 0. The topological polar surface area (TPSA) is 53.6 Å². The van der Waals surface area contributed by atoms with Crippen LogP contribution in [0.5, 0.6) is 5.75 Å². The predicted molar refractivity (Wildman–Crippen MR) is 83.6 cm³/mol. The molecule has 0 atom stereocenters. The highest BCUT2D eigenvalue weighted by atomic mass is 16.5. The fourth-order valence-corrected chi connectivity index (χ4v) is 1.76. The number of anilines is 2. The highest BCUT2D eigenvalue weighted by Gasteiger charge is 2.09. The van der Waals surface area contributed by atoms with Crippen molar-refractivity contribution in [3.05, 3.63) is 30.4 Å². The Bertz CT molecular complexity index is 484. The van der Waals surface area contributed by atoms with Crippen LogP contribution in [-0.4, -0.2) is 45.1 Å². The number of ether oxygens (including phenoxy) is 1. The maximum Gasteiger partial charge on any atom is 0.247 e. The molecule has 0 saturated carbocycles. The van der Waals surface area contributed by atoms with Crippen LogP contribution >= 0.6 is 0 Å². The van der Waals surface area contributed by atoms with Crippen LogP contribution in [0.2, 0.25) is 0 Å². The van der Waals surface area contributed by atoms with Gasteiger partial charge in [-0.15, -0.1) is 0 Å². The zero-order valence-corrected chi connectivity index (χ0v) is 12.6. The van der Waals surface area contributed by atoms with Crippen molar-refractivity contribution in [3.8, 4) is 5.75 Å². The second-order valence-electron chi connectivity index (χ2n) is 4.79. The average molecular weight is 277 g/mol. The molecule has 1 aromatic carbocycles. The Kier molecular flexibility index (Phi) is 6.06. The molecule has 0 unspecified atom stereocenters. The van der Waals surface area contributed by atoms with Gasteiger partial charge < -0.3 is 20.3 Å². The number of methoxy groups -OCH3 is 1. The van der Waals surface area contributed by atoms with Gasteiger partial charge in [0.2, 0.25) is 5.91 Å². The number of hydrogen-bond acceptors (Lipinski definition) is 4. The first kappa shape index (κ1) is 16.0. The zero-order chi connectivity index (χ0) is 15.1. The lowest BCUT2D eigenvalue weighted by Gasteiger charge is -2.17. The second kappa shape index (κ2) is 7.55. The van der Waals surface area contributed by atoms with Crippen LogP contribution in [-0.2, 0) is 4.79 Å². The standard InChI is InChI=1S/C15H23N3O2/c1-6-15(19)17-13-9-11(2)14(20-5)10-12(13)16-7-8-18(3)4/h6,9-10,16H,1,7-8H2,2-5H3,(H,17,19). The molecule has 0 heterocycles. The molecular formula is C15H23N3O2. The number of carbonyl (C=O) groups is 1. The van der Waals surface area contributed by atoms with Crippen molar-refractivity contribution >= 4 is 17.3 Å². The van der Waals surface area contributed by atoms with Gasteiger partial charge in [-0.05, 0) is 38.7 Å². The summed E-state index contributed by atoms with van der Waals surface area (Å²) in [6, 6.07) is 3.78. The molecule has 0 aliphatic carbocycles. The van der Waals surface area contributed by atoms with Gasteiger partial charge in [0.25, 0.3) is 0 Å². The Hall–Kier alpha value is -2.01. The lowest BCUT2D eigenvalue weighted by Crippen LogP contribution is -2.21. The molecule has 0 spiro atoms. The number of likely N-dealkylation sites (N-methyl/N-ethyl adjacent to an activating group) is 1. The van der Waals surface area contributed by atoms with Gasteiger partial charge in [0.1, 0.15) is 5.75 Å². The van der Waals surface area contributed by atoms with Crippen molar-refractivity contribution in [2.24, 2.45) is 0 Å². The number of aryl methyl sites for hydroxylation is 1. The molecule has 0 aliphatic rings. The number of amides is 1. The maximum atomic E-state index is 11.5. The summed E-state index contributed by atoms with van der Waals surface area (Å²) in [6.07, 6.45) is 1.25. The lowest BCUT2D eigenvalue weighted by atomic mass is 10.1. The van der Waals surface area contributed by atoms with Crippen LogP contribution in [0, 0.1) is 6.92 Å². The van der Waals surface area contributed by atoms with Crippen molar-refractivity contribution < 1.29 is 9.53 Å². The summed E-state index contributed by atoms with van der Waals surface area (Å²) in [7, 11) is 5.66. The number of hydrogen-bond donors (Lipinski definition) is 2. The number of carbonyl (C=O) groups excluding carboxylic acids is 1. The minimum Gasteiger partial charge on any atom is -0.496 e. The maximum absolute atomic E-state index is 11.5. The molecule has 0 saturated heterocycles. The lowest BCUT2D eigenvalue weighted by molar-refractivity contribution is -0.111. The van der Waals surface area contributed by atoms with Gasteiger partial charge in [0.05, 0.1) is 18.5 Å². The van der Waals surface area contributed by atoms with Crippen LogP contribution < -0.4 is 15.4 Å². The normalized spacial score (nSPS) is 10.2. The Morgan fingerprint density at radius 2 is 2.10 bits per heavy atom. The summed E-state index contributed by atoms with van der Waals surface area (Å²) in [5.74, 6) is 0.555. The van der Waals surface area contributed by atoms with E-state index in [9.17, 15) is 4.79 Å². The molecule has 2 N–H and O–H groups in total. The van der Waals surface area contributed by atoms with Gasteiger partial charge in [-0.2, -0.15) is 0 Å². The largest absolute Gasteiger partial charge is 0.496 e. The van der Waals surface area contributed by atoms with Crippen LogP contribution in [0.1, 0.15) is 5.56 Å². The van der Waals surface area contributed by atoms with Crippen molar-refractivity contribution in [1.29, 1.82) is 0 Å². The molecule has 1 aromatic rings. The quantitative estimate of drug-likeness (QED) is 0.749. The van der Waals surface area contributed by atoms with Crippen molar-refractivity contribution in [3.63, 3.8) is 0 Å². The minimum atomic E-state index is -0.231. The number of benzene rings is 1. The van der Waals surface area contributed by atoms with E-state index in [0.29, 0.717) is 0 Å². The average Bonchev–Trinajstić information content (AvgIpc) is 2.40. The molecule has 0 radical (unpaired) electrons. The molecule has 1 rings (SSSR count). The number of nitrogens with one attached hydrogen (secondary N) is 2. The summed E-state index contributed by atoms with van der Waals surface area (Å²) in [5.41, 5.74) is 2.53. The van der Waals surface area contributed by atoms with Crippen LogP contribution in [0.25, 0.3) is 0 Å². The van der Waals surface area contributed by atoms with Crippen molar-refractivity contribution in [1.82, 2.24) is 4.90 Å². The third kappa shape index (κ3) is 4.59. The van der Waals surface area contributed by atoms with Gasteiger partial charge in [-0.1, -0.05) is 6.58 Å². The molecular weight excluding hydrogens is 254 g/mol. The fraction of sp³-hybridized carbons (Fsp3) is 0.400. The predicted octanol–water partition coefficient (Wildman–Crippen LogP) is 2.10. The monoisotopic (exact) mass is 277 g/mol. The number of rotatable bonds is 7. The summed E-state index contributed by atoms with van der Waals surface area (Å²) in [4.78, 5) is 13.6. The van der Waals surface area contributed by atoms with Gasteiger partial charge in [0, 0.05) is 19.2 Å². The highest BCUT2D eigenvalue weighted by Crippen LogP contribution is 2.30. The molecule has 0 aromatic heterocycles. The van der Waals surface area contributed by atoms with E-state index in [4.69, 9.17) is 4.74 Å².